The zero-order valence-electron chi connectivity index (χ0n) is 14.2. The van der Waals surface area contributed by atoms with Gasteiger partial charge in [-0.05, 0) is 16.7 Å². The van der Waals surface area contributed by atoms with Gasteiger partial charge in [-0.25, -0.2) is 0 Å². The van der Waals surface area contributed by atoms with Crippen molar-refractivity contribution >= 4 is 17.4 Å². The fourth-order valence-corrected chi connectivity index (χ4v) is 3.11. The second kappa shape index (κ2) is 7.45. The maximum absolute atomic E-state index is 12.0. The van der Waals surface area contributed by atoms with Crippen molar-refractivity contribution < 1.29 is 19.2 Å². The quantitative estimate of drug-likeness (QED) is 0.515. The monoisotopic (exact) mass is 354 g/mol. The number of nitrogens with one attached hydrogen (secondary N) is 1. The first-order chi connectivity index (χ1) is 12.5. The van der Waals surface area contributed by atoms with Crippen LogP contribution in [-0.4, -0.2) is 29.8 Å². The molecule has 0 radical (unpaired) electrons. The Morgan fingerprint density at radius 2 is 1.88 bits per heavy atom. The van der Waals surface area contributed by atoms with Crippen molar-refractivity contribution in [2.24, 2.45) is 0 Å². The lowest BCUT2D eigenvalue weighted by Gasteiger charge is -2.29. The van der Waals surface area contributed by atoms with Crippen LogP contribution in [0.1, 0.15) is 24.4 Å². The first kappa shape index (κ1) is 17.8. The van der Waals surface area contributed by atoms with Crippen LogP contribution in [0.15, 0.2) is 48.5 Å². The summed E-state index contributed by atoms with van der Waals surface area (Å²) in [5.74, 6) is -0.442. The largest absolute Gasteiger partial charge is 0.468 e. The molecule has 3 rings (SSSR count). The number of methoxy groups -OCH3 is 1. The fourth-order valence-electron chi connectivity index (χ4n) is 3.11. The van der Waals surface area contributed by atoms with Crippen LogP contribution in [0.2, 0.25) is 0 Å². The number of hydrogen-bond donors (Lipinski definition) is 1. The number of ether oxygens (including phenoxy) is 1. The van der Waals surface area contributed by atoms with Gasteiger partial charge in [0.15, 0.2) is 0 Å². The predicted octanol–water partition coefficient (Wildman–Crippen LogP) is 2.80. The Morgan fingerprint density at radius 1 is 1.15 bits per heavy atom. The van der Waals surface area contributed by atoms with E-state index in [1.54, 1.807) is 12.1 Å². The molecule has 0 bridgehead atoms. The molecule has 0 aliphatic carbocycles. The third kappa shape index (κ3) is 3.78. The third-order valence-corrected chi connectivity index (χ3v) is 4.46. The van der Waals surface area contributed by atoms with E-state index in [-0.39, 0.29) is 23.9 Å². The van der Waals surface area contributed by atoms with Crippen LogP contribution in [0.3, 0.4) is 0 Å². The van der Waals surface area contributed by atoms with Gasteiger partial charge in [-0.15, -0.1) is 0 Å². The topological polar surface area (TPSA) is 98.5 Å². The van der Waals surface area contributed by atoms with Gasteiger partial charge in [-0.1, -0.05) is 36.4 Å². The van der Waals surface area contributed by atoms with E-state index in [9.17, 15) is 19.7 Å². The van der Waals surface area contributed by atoms with Gasteiger partial charge in [-0.2, -0.15) is 0 Å². The molecule has 1 saturated heterocycles. The lowest BCUT2D eigenvalue weighted by Crippen LogP contribution is -2.46. The van der Waals surface area contributed by atoms with E-state index in [1.165, 1.54) is 19.2 Å². The molecule has 0 aromatic heterocycles. The first-order valence-corrected chi connectivity index (χ1v) is 8.18. The van der Waals surface area contributed by atoms with Crippen molar-refractivity contribution in [3.63, 3.8) is 0 Å². The summed E-state index contributed by atoms with van der Waals surface area (Å²) in [7, 11) is 1.30. The van der Waals surface area contributed by atoms with Crippen LogP contribution in [0.5, 0.6) is 0 Å². The second-order valence-electron chi connectivity index (χ2n) is 6.17. The lowest BCUT2D eigenvalue weighted by atomic mass is 9.91. The molecule has 0 saturated carbocycles. The van der Waals surface area contributed by atoms with Crippen LogP contribution >= 0.6 is 0 Å². The minimum absolute atomic E-state index is 0.00640. The number of non-ortho nitro benzene ring substituents is 1. The van der Waals surface area contributed by atoms with E-state index in [2.05, 4.69) is 5.32 Å². The summed E-state index contributed by atoms with van der Waals surface area (Å²) in [5.41, 5.74) is 2.49. The Kier molecular flexibility index (Phi) is 5.09. The van der Waals surface area contributed by atoms with Crippen molar-refractivity contribution in [2.45, 2.75) is 24.9 Å². The highest BCUT2D eigenvalue weighted by molar-refractivity contribution is 5.88. The molecule has 1 heterocycles. The van der Waals surface area contributed by atoms with Gasteiger partial charge in [0.1, 0.15) is 11.8 Å². The van der Waals surface area contributed by atoms with Crippen LogP contribution in [-0.2, 0) is 14.3 Å². The SMILES string of the molecule is COC(=O)[C@@H]1CC(=O)C[C@H](c2ccc(-c3cccc([N+](=O)[O-])c3)cc2)N1. The average molecular weight is 354 g/mol. The van der Waals surface area contributed by atoms with Crippen LogP contribution in [0.25, 0.3) is 11.1 Å². The summed E-state index contributed by atoms with van der Waals surface area (Å²) in [6.07, 6.45) is 0.443. The zero-order chi connectivity index (χ0) is 18.7. The highest BCUT2D eigenvalue weighted by Gasteiger charge is 2.32. The number of nitrogens with zero attached hydrogens (tertiary/aromatic N) is 1. The summed E-state index contributed by atoms with van der Waals surface area (Å²) >= 11 is 0. The van der Waals surface area contributed by atoms with Crippen molar-refractivity contribution in [2.75, 3.05) is 7.11 Å². The van der Waals surface area contributed by atoms with Gasteiger partial charge in [0.2, 0.25) is 0 Å². The standard InChI is InChI=1S/C19H18N2O5/c1-26-19(23)18-11-16(22)10-17(20-18)13-7-5-12(6-8-13)14-3-2-4-15(9-14)21(24)25/h2-9,17-18,20H,10-11H2,1H3/t17-,18+/m1/s1. The molecular formula is C19H18N2O5. The molecule has 2 aromatic rings. The lowest BCUT2D eigenvalue weighted by molar-refractivity contribution is -0.384. The molecule has 0 unspecified atom stereocenters. The van der Waals surface area contributed by atoms with E-state index in [0.717, 1.165) is 16.7 Å². The van der Waals surface area contributed by atoms with Crippen molar-refractivity contribution in [3.8, 4) is 11.1 Å². The predicted molar refractivity (Wildman–Crippen MR) is 94.5 cm³/mol. The van der Waals surface area contributed by atoms with Gasteiger partial charge in [-0.3, -0.25) is 25.0 Å². The highest BCUT2D eigenvalue weighted by Crippen LogP contribution is 2.28. The summed E-state index contributed by atoms with van der Waals surface area (Å²) < 4.78 is 4.72. The van der Waals surface area contributed by atoms with Gasteiger partial charge >= 0.3 is 5.97 Å². The fraction of sp³-hybridized carbons (Fsp3) is 0.263. The Hall–Kier alpha value is -3.06. The summed E-state index contributed by atoms with van der Waals surface area (Å²) in [4.78, 5) is 34.2. The summed E-state index contributed by atoms with van der Waals surface area (Å²) in [5, 5.41) is 14.1. The number of carbonyl (C=O) groups is 2. The summed E-state index contributed by atoms with van der Waals surface area (Å²) in [6.45, 7) is 0. The zero-order valence-corrected chi connectivity index (χ0v) is 14.2. The molecule has 134 valence electrons. The second-order valence-corrected chi connectivity index (χ2v) is 6.17. The number of nitro benzene ring substituents is 1. The Labute approximate surface area is 150 Å². The average Bonchev–Trinajstić information content (AvgIpc) is 2.67. The molecule has 7 nitrogen and oxygen atoms in total. The number of benzene rings is 2. The summed E-state index contributed by atoms with van der Waals surface area (Å²) in [6, 6.07) is 12.9. The number of hydrogen-bond acceptors (Lipinski definition) is 6. The van der Waals surface area contributed by atoms with Crippen molar-refractivity contribution in [1.82, 2.24) is 5.32 Å². The molecule has 1 aliphatic rings. The smallest absolute Gasteiger partial charge is 0.323 e. The van der Waals surface area contributed by atoms with E-state index in [1.807, 2.05) is 24.3 Å². The molecule has 7 heteroatoms. The first-order valence-electron chi connectivity index (χ1n) is 8.18. The molecule has 2 aromatic carbocycles. The van der Waals surface area contributed by atoms with Gasteiger partial charge in [0, 0.05) is 31.0 Å². The number of nitro groups is 1. The minimum Gasteiger partial charge on any atom is -0.468 e. The van der Waals surface area contributed by atoms with E-state index >= 15 is 0 Å². The van der Waals surface area contributed by atoms with Gasteiger partial charge in [0.05, 0.1) is 12.0 Å². The molecule has 0 spiro atoms. The molecular weight excluding hydrogens is 336 g/mol. The Bertz CT molecular complexity index is 847. The normalized spacial score (nSPS) is 19.8. The number of rotatable bonds is 4. The van der Waals surface area contributed by atoms with Crippen LogP contribution < -0.4 is 5.32 Å². The van der Waals surface area contributed by atoms with Crippen molar-refractivity contribution in [3.05, 3.63) is 64.2 Å². The van der Waals surface area contributed by atoms with E-state index in [0.29, 0.717) is 6.42 Å². The highest BCUT2D eigenvalue weighted by atomic mass is 16.6. The molecule has 0 amide bonds. The Morgan fingerprint density at radius 3 is 2.54 bits per heavy atom. The third-order valence-electron chi connectivity index (χ3n) is 4.46. The minimum atomic E-state index is -0.636. The van der Waals surface area contributed by atoms with E-state index in [4.69, 9.17) is 4.74 Å². The maximum Gasteiger partial charge on any atom is 0.323 e. The molecule has 1 N–H and O–H groups in total. The number of carbonyl (C=O) groups excluding carboxylic acids is 2. The van der Waals surface area contributed by atoms with Crippen LogP contribution in [0, 0.1) is 10.1 Å². The van der Waals surface area contributed by atoms with Gasteiger partial charge in [0.25, 0.3) is 5.69 Å². The molecule has 1 aliphatic heterocycles. The molecule has 2 atom stereocenters. The number of piperidine rings is 1. The molecule has 26 heavy (non-hydrogen) atoms. The number of ketones is 1. The Balaban J connectivity index is 1.81. The number of esters is 1. The number of Topliss-reactive ketones (excluding diaryl/α,β-unsaturated/α-hetero) is 1. The van der Waals surface area contributed by atoms with Gasteiger partial charge < -0.3 is 4.74 Å². The molecule has 1 fully saturated rings. The maximum atomic E-state index is 12.0. The van der Waals surface area contributed by atoms with Crippen molar-refractivity contribution in [1.29, 1.82) is 0 Å². The van der Waals surface area contributed by atoms with Crippen LogP contribution in [0.4, 0.5) is 5.69 Å². The van der Waals surface area contributed by atoms with E-state index < -0.39 is 16.9 Å².